The molecule has 0 spiro atoms. The third-order valence-corrected chi connectivity index (χ3v) is 11.3. The molecule has 0 N–H and O–H groups in total. The zero-order chi connectivity index (χ0) is 37.5. The Morgan fingerprint density at radius 1 is 0.382 bits per heavy atom. The van der Waals surface area contributed by atoms with Crippen LogP contribution in [0.25, 0.3) is 78.2 Å². The summed E-state index contributed by atoms with van der Waals surface area (Å²) >= 11 is 7.11. The van der Waals surface area contributed by atoms with Gasteiger partial charge in [0.05, 0.1) is 22.4 Å². The van der Waals surface area contributed by atoms with Crippen LogP contribution in [0.3, 0.4) is 0 Å². The summed E-state index contributed by atoms with van der Waals surface area (Å²) in [6, 6.07) is 58.3. The lowest BCUT2D eigenvalue weighted by Crippen LogP contribution is -2.15. The molecular formula is C49H34Br2N4. The highest BCUT2D eigenvalue weighted by Gasteiger charge is 2.36. The minimum atomic E-state index is -0.0798. The Balaban J connectivity index is 0.000000153. The Hall–Kier alpha value is -5.82. The average molecular weight is 839 g/mol. The number of rotatable bonds is 4. The Morgan fingerprint density at radius 2 is 0.818 bits per heavy atom. The molecule has 0 radical (unpaired) electrons. The van der Waals surface area contributed by atoms with Crippen molar-refractivity contribution in [2.24, 2.45) is 0 Å². The summed E-state index contributed by atoms with van der Waals surface area (Å²) in [7, 11) is 0. The van der Waals surface area contributed by atoms with Gasteiger partial charge in [-0.25, -0.2) is 19.9 Å². The van der Waals surface area contributed by atoms with E-state index in [0.717, 1.165) is 76.0 Å². The molecule has 2 heterocycles. The SMILES string of the molecule is Brc1ccc(-c2nc(-c3ccccc3)c3ccccc3n2)cc1.CC1(C)c2cc(Br)ccc2-c2ccc(-c3nc(-c4ccccc4)c4ccccc4n3)cc21. The molecule has 9 aromatic rings. The highest BCUT2D eigenvalue weighted by atomic mass is 79.9. The van der Waals surface area contributed by atoms with Crippen molar-refractivity contribution in [3.8, 4) is 56.4 Å². The predicted molar refractivity (Wildman–Crippen MR) is 234 cm³/mol. The third-order valence-electron chi connectivity index (χ3n) is 10.3. The van der Waals surface area contributed by atoms with Gasteiger partial charge < -0.3 is 0 Å². The lowest BCUT2D eigenvalue weighted by Gasteiger charge is -2.22. The molecule has 0 aliphatic heterocycles. The maximum Gasteiger partial charge on any atom is 0.160 e. The second-order valence-corrected chi connectivity index (χ2v) is 16.0. The first-order valence-corrected chi connectivity index (χ1v) is 19.8. The largest absolute Gasteiger partial charge is 0.228 e. The Kier molecular flexibility index (Phi) is 9.17. The Morgan fingerprint density at radius 3 is 1.38 bits per heavy atom. The van der Waals surface area contributed by atoms with Gasteiger partial charge in [0.2, 0.25) is 0 Å². The molecule has 1 aliphatic carbocycles. The van der Waals surface area contributed by atoms with E-state index in [-0.39, 0.29) is 5.41 Å². The van der Waals surface area contributed by atoms with E-state index in [0.29, 0.717) is 0 Å². The van der Waals surface area contributed by atoms with Crippen LogP contribution >= 0.6 is 31.9 Å². The van der Waals surface area contributed by atoms with E-state index in [1.807, 2.05) is 78.9 Å². The fraction of sp³-hybridized carbons (Fsp3) is 0.0612. The van der Waals surface area contributed by atoms with Gasteiger partial charge in [-0.3, -0.25) is 0 Å². The fourth-order valence-corrected chi connectivity index (χ4v) is 8.12. The van der Waals surface area contributed by atoms with Gasteiger partial charge in [-0.2, -0.15) is 0 Å². The number of aromatic nitrogens is 4. The van der Waals surface area contributed by atoms with Crippen LogP contribution in [-0.2, 0) is 5.41 Å². The van der Waals surface area contributed by atoms with Crippen LogP contribution in [0.1, 0.15) is 25.0 Å². The summed E-state index contributed by atoms with van der Waals surface area (Å²) in [5, 5.41) is 2.14. The van der Waals surface area contributed by atoms with Gasteiger partial charge in [0, 0.05) is 47.4 Å². The second kappa shape index (κ2) is 14.4. The van der Waals surface area contributed by atoms with Crippen molar-refractivity contribution in [2.75, 3.05) is 0 Å². The van der Waals surface area contributed by atoms with Gasteiger partial charge in [-0.1, -0.05) is 173 Å². The Bertz CT molecular complexity index is 2850. The first-order chi connectivity index (χ1) is 26.8. The third kappa shape index (κ3) is 6.66. The molecule has 0 fully saturated rings. The van der Waals surface area contributed by atoms with Crippen molar-refractivity contribution < 1.29 is 0 Å². The number of nitrogens with zero attached hydrogens (tertiary/aromatic N) is 4. The molecule has 4 nitrogen and oxygen atoms in total. The molecule has 264 valence electrons. The van der Waals surface area contributed by atoms with Crippen LogP contribution in [0.4, 0.5) is 0 Å². The molecule has 0 bridgehead atoms. The fourth-order valence-electron chi connectivity index (χ4n) is 7.49. The summed E-state index contributed by atoms with van der Waals surface area (Å²) in [4.78, 5) is 19.6. The number of para-hydroxylation sites is 2. The molecular weight excluding hydrogens is 804 g/mol. The summed E-state index contributed by atoms with van der Waals surface area (Å²) in [5.74, 6) is 1.51. The van der Waals surface area contributed by atoms with Gasteiger partial charge in [-0.05, 0) is 64.7 Å². The first-order valence-electron chi connectivity index (χ1n) is 18.2. The summed E-state index contributed by atoms with van der Waals surface area (Å²) in [6.45, 7) is 4.59. The zero-order valence-electron chi connectivity index (χ0n) is 30.2. The standard InChI is InChI=1S/C29H21BrN2.C20H13BrN2/c1-29(2)24-16-19(12-14-21(24)22-15-13-20(30)17-25(22)29)28-31-26-11-7-6-10-23(26)27(32-28)18-8-4-3-5-9-18;21-16-12-10-15(11-13-16)20-22-18-9-5-4-8-17(18)19(23-20)14-6-2-1-3-7-14/h3-17H,1-2H3;1-13H. The van der Waals surface area contributed by atoms with Crippen molar-refractivity contribution in [3.63, 3.8) is 0 Å². The normalized spacial score (nSPS) is 12.5. The summed E-state index contributed by atoms with van der Waals surface area (Å²) in [5.41, 5.74) is 13.3. The molecule has 2 aromatic heterocycles. The average Bonchev–Trinajstić information content (AvgIpc) is 3.45. The van der Waals surface area contributed by atoms with E-state index in [9.17, 15) is 0 Å². The molecule has 0 unspecified atom stereocenters. The van der Waals surface area contributed by atoms with E-state index >= 15 is 0 Å². The second-order valence-electron chi connectivity index (χ2n) is 14.1. The molecule has 0 saturated heterocycles. The van der Waals surface area contributed by atoms with Crippen molar-refractivity contribution >= 4 is 53.7 Å². The quantitative estimate of drug-likeness (QED) is 0.177. The van der Waals surface area contributed by atoms with Gasteiger partial charge >= 0.3 is 0 Å². The number of fused-ring (bicyclic) bond motifs is 5. The number of hydrogen-bond donors (Lipinski definition) is 0. The molecule has 55 heavy (non-hydrogen) atoms. The monoisotopic (exact) mass is 836 g/mol. The molecule has 10 rings (SSSR count). The summed E-state index contributed by atoms with van der Waals surface area (Å²) < 4.78 is 2.16. The lowest BCUT2D eigenvalue weighted by molar-refractivity contribution is 0.660. The highest BCUT2D eigenvalue weighted by Crippen LogP contribution is 2.50. The topological polar surface area (TPSA) is 51.6 Å². The maximum atomic E-state index is 5.06. The van der Waals surface area contributed by atoms with Crippen molar-refractivity contribution in [3.05, 3.63) is 190 Å². The minimum absolute atomic E-state index is 0.0798. The van der Waals surface area contributed by atoms with Crippen molar-refractivity contribution in [1.82, 2.24) is 19.9 Å². The van der Waals surface area contributed by atoms with Crippen LogP contribution in [0, 0.1) is 0 Å². The molecule has 0 saturated carbocycles. The highest BCUT2D eigenvalue weighted by molar-refractivity contribution is 9.10. The molecule has 1 aliphatic rings. The molecule has 0 atom stereocenters. The van der Waals surface area contributed by atoms with Gasteiger partial charge in [0.25, 0.3) is 0 Å². The number of hydrogen-bond acceptors (Lipinski definition) is 4. The van der Waals surface area contributed by atoms with E-state index in [1.165, 1.54) is 22.3 Å². The van der Waals surface area contributed by atoms with E-state index in [2.05, 4.69) is 137 Å². The zero-order valence-corrected chi connectivity index (χ0v) is 33.4. The Labute approximate surface area is 337 Å². The predicted octanol–water partition coefficient (Wildman–Crippen LogP) is 13.8. The molecule has 7 aromatic carbocycles. The van der Waals surface area contributed by atoms with Crippen molar-refractivity contribution in [2.45, 2.75) is 19.3 Å². The first kappa shape index (κ1) is 34.9. The number of benzene rings is 7. The van der Waals surface area contributed by atoms with Crippen LogP contribution < -0.4 is 0 Å². The smallest absolute Gasteiger partial charge is 0.160 e. The van der Waals surface area contributed by atoms with E-state index < -0.39 is 0 Å². The van der Waals surface area contributed by atoms with Gasteiger partial charge in [-0.15, -0.1) is 0 Å². The van der Waals surface area contributed by atoms with E-state index in [4.69, 9.17) is 19.9 Å². The van der Waals surface area contributed by atoms with Crippen molar-refractivity contribution in [1.29, 1.82) is 0 Å². The molecule has 6 heteroatoms. The minimum Gasteiger partial charge on any atom is -0.228 e. The van der Waals surface area contributed by atoms with Crippen LogP contribution in [0.15, 0.2) is 179 Å². The van der Waals surface area contributed by atoms with Gasteiger partial charge in [0.1, 0.15) is 0 Å². The van der Waals surface area contributed by atoms with Gasteiger partial charge in [0.15, 0.2) is 11.6 Å². The number of halogens is 2. The van der Waals surface area contributed by atoms with Crippen LogP contribution in [0.5, 0.6) is 0 Å². The van der Waals surface area contributed by atoms with E-state index in [1.54, 1.807) is 0 Å². The molecule has 0 amide bonds. The van der Waals surface area contributed by atoms with Crippen LogP contribution in [-0.4, -0.2) is 19.9 Å². The maximum absolute atomic E-state index is 5.06. The lowest BCUT2D eigenvalue weighted by atomic mass is 9.82. The summed E-state index contributed by atoms with van der Waals surface area (Å²) in [6.07, 6.45) is 0. The van der Waals surface area contributed by atoms with Crippen LogP contribution in [0.2, 0.25) is 0 Å².